The Bertz CT molecular complexity index is 1760. The summed E-state index contributed by atoms with van der Waals surface area (Å²) in [7, 11) is 0. The first-order valence-corrected chi connectivity index (χ1v) is 18.7. The maximum absolute atomic E-state index is 14.8. The van der Waals surface area contributed by atoms with Gasteiger partial charge in [-0.05, 0) is 101 Å². The number of benzene rings is 3. The lowest BCUT2D eigenvalue weighted by Crippen LogP contribution is -2.62. The zero-order valence-corrected chi connectivity index (χ0v) is 30.4. The van der Waals surface area contributed by atoms with Gasteiger partial charge in [-0.2, -0.15) is 0 Å². The van der Waals surface area contributed by atoms with Crippen molar-refractivity contribution >= 4 is 39.2 Å². The first-order chi connectivity index (χ1) is 24.7. The number of rotatable bonds is 16. The summed E-state index contributed by atoms with van der Waals surface area (Å²) in [4.78, 5) is 43.2. The zero-order chi connectivity index (χ0) is 35.9. The number of aliphatic hydroxyl groups is 1. The Morgan fingerprint density at radius 3 is 2.47 bits per heavy atom. The van der Waals surface area contributed by atoms with Gasteiger partial charge in [0.05, 0.1) is 17.1 Å². The third kappa shape index (κ3) is 9.44. The van der Waals surface area contributed by atoms with Gasteiger partial charge in [0.15, 0.2) is 0 Å². The lowest BCUT2D eigenvalue weighted by Gasteiger charge is -2.45. The minimum absolute atomic E-state index is 0.0185. The molecule has 0 spiro atoms. The van der Waals surface area contributed by atoms with E-state index in [1.165, 1.54) is 12.1 Å². The minimum atomic E-state index is -0.419. The minimum Gasteiger partial charge on any atom is -0.492 e. The molecular formula is C40H46BrFN4O5. The third-order valence-electron chi connectivity index (χ3n) is 9.95. The number of nitrogens with one attached hydrogen (secondary N) is 1. The molecule has 2 heterocycles. The van der Waals surface area contributed by atoms with Crippen LogP contribution in [-0.4, -0.2) is 77.1 Å². The molecule has 9 nitrogen and oxygen atoms in total. The summed E-state index contributed by atoms with van der Waals surface area (Å²) >= 11 is 3.41. The van der Waals surface area contributed by atoms with Gasteiger partial charge in [-0.25, -0.2) is 4.39 Å². The molecule has 1 saturated carbocycles. The molecule has 51 heavy (non-hydrogen) atoms. The molecule has 3 amide bonds. The monoisotopic (exact) mass is 760 g/mol. The van der Waals surface area contributed by atoms with E-state index in [0.29, 0.717) is 61.3 Å². The van der Waals surface area contributed by atoms with Crippen LogP contribution >= 0.6 is 15.9 Å². The van der Waals surface area contributed by atoms with Crippen LogP contribution < -0.4 is 15.8 Å². The van der Waals surface area contributed by atoms with Gasteiger partial charge in [-0.1, -0.05) is 48.5 Å². The van der Waals surface area contributed by atoms with Gasteiger partial charge in [-0.3, -0.25) is 14.4 Å². The van der Waals surface area contributed by atoms with Crippen LogP contribution in [0.1, 0.15) is 67.2 Å². The number of amides is 3. The lowest BCUT2D eigenvalue weighted by atomic mass is 9.82. The molecule has 2 fully saturated rings. The second kappa shape index (κ2) is 17.0. The number of carbonyl (C=O) groups is 3. The van der Waals surface area contributed by atoms with E-state index in [1.807, 2.05) is 34.1 Å². The number of hydrogen-bond donors (Lipinski definition) is 3. The van der Waals surface area contributed by atoms with Gasteiger partial charge >= 0.3 is 0 Å². The topological polar surface area (TPSA) is 125 Å². The van der Waals surface area contributed by atoms with E-state index in [0.717, 1.165) is 53.5 Å². The summed E-state index contributed by atoms with van der Waals surface area (Å²) in [5.74, 6) is -0.330. The van der Waals surface area contributed by atoms with E-state index in [2.05, 4.69) is 45.5 Å². The summed E-state index contributed by atoms with van der Waals surface area (Å²) in [5.41, 5.74) is 11.2. The maximum atomic E-state index is 14.8. The molecule has 0 radical (unpaired) electrons. The third-order valence-corrected chi connectivity index (χ3v) is 10.6. The zero-order valence-electron chi connectivity index (χ0n) is 28.8. The molecule has 0 aromatic heterocycles. The molecule has 2 aliphatic heterocycles. The molecule has 6 rings (SSSR count). The number of hydrogen-bond acceptors (Lipinski definition) is 6. The van der Waals surface area contributed by atoms with E-state index in [4.69, 9.17) is 10.5 Å². The van der Waals surface area contributed by atoms with E-state index < -0.39 is 5.91 Å². The molecule has 3 aromatic rings. The SMILES string of the molecule is NC(=O)CCCC(=O)N1CC2CC(c3ccc(CCCOc4cc(F)ccc4Br)cc3)=C(C(=O)N(Cc3ccccc3CCO)C3CC3)C(C1)N2. The van der Waals surface area contributed by atoms with Crippen LogP contribution in [0.4, 0.5) is 4.39 Å². The number of aliphatic hydroxyl groups excluding tert-OH is 1. The fraction of sp³-hybridized carbons (Fsp3) is 0.425. The Labute approximate surface area is 307 Å². The molecule has 4 N–H and O–H groups in total. The summed E-state index contributed by atoms with van der Waals surface area (Å²) < 4.78 is 20.2. The number of fused-ring (bicyclic) bond motifs is 2. The van der Waals surface area contributed by atoms with Gasteiger partial charge in [0.2, 0.25) is 11.8 Å². The number of halogens is 2. The summed E-state index contributed by atoms with van der Waals surface area (Å²) in [6.45, 7) is 1.83. The predicted octanol–water partition coefficient (Wildman–Crippen LogP) is 5.31. The number of carbonyl (C=O) groups excluding carboxylic acids is 3. The van der Waals surface area contributed by atoms with E-state index in [-0.39, 0.29) is 55.2 Å². The fourth-order valence-corrected chi connectivity index (χ4v) is 7.59. The first-order valence-electron chi connectivity index (χ1n) is 17.9. The van der Waals surface area contributed by atoms with E-state index in [1.54, 1.807) is 6.07 Å². The highest BCUT2D eigenvalue weighted by atomic mass is 79.9. The molecule has 270 valence electrons. The van der Waals surface area contributed by atoms with E-state index in [9.17, 15) is 23.9 Å². The molecule has 1 saturated heterocycles. The molecule has 1 aliphatic carbocycles. The van der Waals surface area contributed by atoms with Crippen molar-refractivity contribution in [2.24, 2.45) is 5.73 Å². The van der Waals surface area contributed by atoms with Gasteiger partial charge in [-0.15, -0.1) is 0 Å². The van der Waals surface area contributed by atoms with Crippen LogP contribution in [0, 0.1) is 5.82 Å². The van der Waals surface area contributed by atoms with Crippen molar-refractivity contribution in [2.75, 3.05) is 26.3 Å². The smallest absolute Gasteiger partial charge is 0.252 e. The molecule has 2 bridgehead atoms. The number of piperazine rings is 1. The van der Waals surface area contributed by atoms with Crippen LogP contribution in [0.2, 0.25) is 0 Å². The Morgan fingerprint density at radius 2 is 1.75 bits per heavy atom. The lowest BCUT2D eigenvalue weighted by molar-refractivity contribution is -0.134. The highest BCUT2D eigenvalue weighted by Gasteiger charge is 2.43. The van der Waals surface area contributed by atoms with Crippen LogP contribution in [0.3, 0.4) is 0 Å². The quantitative estimate of drug-likeness (QED) is 0.170. The highest BCUT2D eigenvalue weighted by molar-refractivity contribution is 9.10. The van der Waals surface area contributed by atoms with Crippen LogP contribution in [0.25, 0.3) is 5.57 Å². The van der Waals surface area contributed by atoms with Crippen molar-refractivity contribution in [1.29, 1.82) is 0 Å². The fourth-order valence-electron chi connectivity index (χ4n) is 7.23. The second-order valence-electron chi connectivity index (χ2n) is 13.8. The molecule has 2 atom stereocenters. The Balaban J connectivity index is 1.24. The van der Waals surface area contributed by atoms with Gasteiger partial charge in [0.1, 0.15) is 11.6 Å². The molecule has 2 unspecified atom stereocenters. The first kappa shape index (κ1) is 36.7. The average Bonchev–Trinajstić information content (AvgIpc) is 3.96. The highest BCUT2D eigenvalue weighted by Crippen LogP contribution is 2.38. The summed E-state index contributed by atoms with van der Waals surface area (Å²) in [5, 5.41) is 13.4. The van der Waals surface area contributed by atoms with Crippen molar-refractivity contribution in [3.05, 3.63) is 105 Å². The number of primary amides is 1. The summed E-state index contributed by atoms with van der Waals surface area (Å²) in [6, 6.07) is 20.5. The normalized spacial score (nSPS) is 18.5. The second-order valence-corrected chi connectivity index (χ2v) is 14.6. The van der Waals surface area contributed by atoms with Crippen molar-refractivity contribution in [2.45, 2.75) is 82.5 Å². The average molecular weight is 762 g/mol. The Kier molecular flexibility index (Phi) is 12.2. The largest absolute Gasteiger partial charge is 0.492 e. The van der Waals surface area contributed by atoms with Gasteiger partial charge in [0, 0.05) is 62.8 Å². The number of nitrogens with two attached hydrogens (primary N) is 1. The van der Waals surface area contributed by atoms with Crippen molar-refractivity contribution in [1.82, 2.24) is 15.1 Å². The van der Waals surface area contributed by atoms with Gasteiger partial charge < -0.3 is 30.7 Å². The van der Waals surface area contributed by atoms with Crippen molar-refractivity contribution < 1.29 is 28.6 Å². The molecule has 3 aliphatic rings. The predicted molar refractivity (Wildman–Crippen MR) is 197 cm³/mol. The molecular weight excluding hydrogens is 715 g/mol. The Hall–Kier alpha value is -4.06. The van der Waals surface area contributed by atoms with Gasteiger partial charge in [0.25, 0.3) is 5.91 Å². The number of nitrogens with zero attached hydrogens (tertiary/aromatic N) is 2. The van der Waals surface area contributed by atoms with Crippen molar-refractivity contribution in [3.8, 4) is 5.75 Å². The van der Waals surface area contributed by atoms with Crippen LogP contribution in [0.15, 0.2) is 76.8 Å². The van der Waals surface area contributed by atoms with Crippen molar-refractivity contribution in [3.63, 3.8) is 0 Å². The summed E-state index contributed by atoms with van der Waals surface area (Å²) in [6.07, 6.45) is 5.34. The Morgan fingerprint density at radius 1 is 0.980 bits per heavy atom. The van der Waals surface area contributed by atoms with Crippen LogP contribution in [-0.2, 0) is 33.8 Å². The van der Waals surface area contributed by atoms with Crippen LogP contribution in [0.5, 0.6) is 5.75 Å². The standard InChI is InChI=1S/C40H46BrFN4O5/c41-34-17-14-30(42)21-36(34)51-20-4-5-26-10-12-28(13-11-26)33-22-31-24-45(38(49)9-3-8-37(43)48)25-35(44-31)39(33)40(50)46(32-15-16-32)23-29-7-2-1-6-27(29)18-19-47/h1-2,6-7,10-14,17,21,31-32,35,44,47H,3-5,8-9,15-16,18-20,22-25H2,(H2,43,48). The molecule has 3 aromatic carbocycles. The van der Waals surface area contributed by atoms with E-state index >= 15 is 0 Å². The maximum Gasteiger partial charge on any atom is 0.252 e. The number of ether oxygens (including phenoxy) is 1. The molecule has 11 heteroatoms. The number of aryl methyl sites for hydroxylation is 1.